The standard InChI is InChI=1S/C24H30N4O3S/c1-27(2)14-7-15-28(3)24(29)20-12-10-19(11-13-20)23-26-25-22(31-23)18-32-17-16-30-21-8-5-4-6-9-21/h4-6,8-13H,7,14-18H2,1-3H3. The van der Waals surface area contributed by atoms with E-state index < -0.39 is 0 Å². The van der Waals surface area contributed by atoms with E-state index in [-0.39, 0.29) is 5.91 Å². The number of thioether (sulfide) groups is 1. The van der Waals surface area contributed by atoms with Crippen LogP contribution < -0.4 is 4.74 Å². The summed E-state index contributed by atoms with van der Waals surface area (Å²) in [6.07, 6.45) is 0.939. The molecule has 0 radical (unpaired) electrons. The van der Waals surface area contributed by atoms with E-state index in [4.69, 9.17) is 9.15 Å². The van der Waals surface area contributed by atoms with Crippen molar-refractivity contribution in [3.63, 3.8) is 0 Å². The highest BCUT2D eigenvalue weighted by Gasteiger charge is 2.13. The van der Waals surface area contributed by atoms with Crippen LogP contribution in [-0.2, 0) is 5.75 Å². The van der Waals surface area contributed by atoms with Crippen LogP contribution in [0.1, 0.15) is 22.7 Å². The average molecular weight is 455 g/mol. The summed E-state index contributed by atoms with van der Waals surface area (Å²) in [5.41, 5.74) is 1.45. The van der Waals surface area contributed by atoms with Crippen LogP contribution in [0.4, 0.5) is 0 Å². The number of aromatic nitrogens is 2. The lowest BCUT2D eigenvalue weighted by molar-refractivity contribution is 0.0790. The Morgan fingerprint density at radius 3 is 2.47 bits per heavy atom. The minimum atomic E-state index is 0.00986. The molecule has 170 valence electrons. The number of hydrogen-bond acceptors (Lipinski definition) is 7. The molecule has 0 spiro atoms. The maximum absolute atomic E-state index is 12.6. The van der Waals surface area contributed by atoms with Crippen LogP contribution >= 0.6 is 11.8 Å². The SMILES string of the molecule is CN(C)CCCN(C)C(=O)c1ccc(-c2nnc(CSCCOc3ccccc3)o2)cc1. The van der Waals surface area contributed by atoms with Crippen molar-refractivity contribution in [2.24, 2.45) is 0 Å². The van der Waals surface area contributed by atoms with Crippen molar-refractivity contribution in [1.82, 2.24) is 20.0 Å². The van der Waals surface area contributed by atoms with Gasteiger partial charge in [0.05, 0.1) is 12.4 Å². The highest BCUT2D eigenvalue weighted by molar-refractivity contribution is 7.98. The van der Waals surface area contributed by atoms with Gasteiger partial charge in [-0.05, 0) is 63.5 Å². The topological polar surface area (TPSA) is 71.7 Å². The summed E-state index contributed by atoms with van der Waals surface area (Å²) in [7, 11) is 5.89. The summed E-state index contributed by atoms with van der Waals surface area (Å²) in [4.78, 5) is 16.4. The fourth-order valence-corrected chi connectivity index (χ4v) is 3.66. The number of carbonyl (C=O) groups is 1. The van der Waals surface area contributed by atoms with Crippen molar-refractivity contribution in [2.75, 3.05) is 46.6 Å². The summed E-state index contributed by atoms with van der Waals surface area (Å²) < 4.78 is 11.5. The molecule has 0 fully saturated rings. The smallest absolute Gasteiger partial charge is 0.253 e. The van der Waals surface area contributed by atoms with Gasteiger partial charge in [0, 0.05) is 30.5 Å². The van der Waals surface area contributed by atoms with Gasteiger partial charge in [-0.2, -0.15) is 0 Å². The summed E-state index contributed by atoms with van der Waals surface area (Å²) >= 11 is 1.68. The Bertz CT molecular complexity index is 961. The molecule has 32 heavy (non-hydrogen) atoms. The van der Waals surface area contributed by atoms with Crippen LogP contribution in [0.5, 0.6) is 5.75 Å². The van der Waals surface area contributed by atoms with Gasteiger partial charge < -0.3 is 19.0 Å². The first-order chi connectivity index (χ1) is 15.5. The number of hydrogen-bond donors (Lipinski definition) is 0. The minimum absolute atomic E-state index is 0.00986. The summed E-state index contributed by atoms with van der Waals surface area (Å²) in [5, 5.41) is 8.26. The van der Waals surface area contributed by atoms with E-state index >= 15 is 0 Å². The van der Waals surface area contributed by atoms with Crippen molar-refractivity contribution < 1.29 is 13.9 Å². The second-order valence-corrected chi connectivity index (χ2v) is 8.78. The Morgan fingerprint density at radius 2 is 1.75 bits per heavy atom. The fraction of sp³-hybridized carbons (Fsp3) is 0.375. The highest BCUT2D eigenvalue weighted by atomic mass is 32.2. The molecule has 3 rings (SSSR count). The predicted molar refractivity (Wildman–Crippen MR) is 128 cm³/mol. The van der Waals surface area contributed by atoms with Crippen molar-refractivity contribution >= 4 is 17.7 Å². The monoisotopic (exact) mass is 454 g/mol. The molecule has 0 unspecified atom stereocenters. The summed E-state index contributed by atoms with van der Waals surface area (Å²) in [6, 6.07) is 17.1. The molecule has 0 saturated carbocycles. The number of benzene rings is 2. The molecule has 7 nitrogen and oxygen atoms in total. The van der Waals surface area contributed by atoms with E-state index in [1.165, 1.54) is 0 Å². The van der Waals surface area contributed by atoms with E-state index in [0.29, 0.717) is 29.7 Å². The second-order valence-electron chi connectivity index (χ2n) is 7.68. The molecular weight excluding hydrogens is 424 g/mol. The number of rotatable bonds is 12. The Labute approximate surface area is 193 Å². The first-order valence-electron chi connectivity index (χ1n) is 10.6. The van der Waals surface area contributed by atoms with E-state index in [1.54, 1.807) is 28.8 Å². The van der Waals surface area contributed by atoms with Crippen LogP contribution in [0.25, 0.3) is 11.5 Å². The molecule has 0 saturated heterocycles. The van der Waals surface area contributed by atoms with Gasteiger partial charge in [0.2, 0.25) is 11.8 Å². The van der Waals surface area contributed by atoms with Crippen molar-refractivity contribution in [3.8, 4) is 17.2 Å². The van der Waals surface area contributed by atoms with Gasteiger partial charge in [-0.3, -0.25) is 4.79 Å². The number of nitrogens with zero attached hydrogens (tertiary/aromatic N) is 4. The van der Waals surface area contributed by atoms with Crippen LogP contribution in [0, 0.1) is 0 Å². The minimum Gasteiger partial charge on any atom is -0.493 e. The maximum Gasteiger partial charge on any atom is 0.253 e. The van der Waals surface area contributed by atoms with Gasteiger partial charge in [0.25, 0.3) is 5.91 Å². The number of amides is 1. The average Bonchev–Trinajstić information content (AvgIpc) is 3.28. The van der Waals surface area contributed by atoms with E-state index in [1.807, 2.05) is 63.6 Å². The summed E-state index contributed by atoms with van der Waals surface area (Å²) in [5.74, 6) is 3.36. The van der Waals surface area contributed by atoms with Crippen LogP contribution in [0.2, 0.25) is 0 Å². The van der Waals surface area contributed by atoms with Crippen LogP contribution in [0.3, 0.4) is 0 Å². The number of ether oxygens (including phenoxy) is 1. The lowest BCUT2D eigenvalue weighted by atomic mass is 10.1. The van der Waals surface area contributed by atoms with Gasteiger partial charge in [-0.25, -0.2) is 0 Å². The zero-order valence-corrected chi connectivity index (χ0v) is 19.7. The van der Waals surface area contributed by atoms with Gasteiger partial charge in [-0.15, -0.1) is 22.0 Å². The molecule has 1 heterocycles. The molecule has 1 aromatic heterocycles. The maximum atomic E-state index is 12.6. The molecule has 0 aliphatic heterocycles. The zero-order chi connectivity index (χ0) is 22.8. The molecule has 0 aliphatic rings. The Morgan fingerprint density at radius 1 is 1.00 bits per heavy atom. The van der Waals surface area contributed by atoms with Crippen LogP contribution in [-0.4, -0.2) is 72.5 Å². The fourth-order valence-electron chi connectivity index (χ4n) is 3.02. The van der Waals surface area contributed by atoms with Gasteiger partial charge in [0.15, 0.2) is 0 Å². The quantitative estimate of drug-likeness (QED) is 0.382. The van der Waals surface area contributed by atoms with Gasteiger partial charge in [0.1, 0.15) is 5.75 Å². The van der Waals surface area contributed by atoms with Gasteiger partial charge >= 0.3 is 0 Å². The Balaban J connectivity index is 1.44. The second kappa shape index (κ2) is 12.3. The van der Waals surface area contributed by atoms with E-state index in [2.05, 4.69) is 15.1 Å². The molecule has 0 N–H and O–H groups in total. The molecule has 0 aliphatic carbocycles. The number of carbonyl (C=O) groups excluding carboxylic acids is 1. The Hall–Kier alpha value is -2.84. The Kier molecular flexibility index (Phi) is 9.13. The highest BCUT2D eigenvalue weighted by Crippen LogP contribution is 2.21. The van der Waals surface area contributed by atoms with E-state index in [9.17, 15) is 4.79 Å². The molecule has 8 heteroatoms. The first-order valence-corrected chi connectivity index (χ1v) is 11.8. The third-order valence-electron chi connectivity index (χ3n) is 4.76. The van der Waals surface area contributed by atoms with Crippen molar-refractivity contribution in [1.29, 1.82) is 0 Å². The largest absolute Gasteiger partial charge is 0.493 e. The predicted octanol–water partition coefficient (Wildman–Crippen LogP) is 4.07. The molecule has 3 aromatic rings. The molecule has 0 atom stereocenters. The molecule has 1 amide bonds. The lowest BCUT2D eigenvalue weighted by Crippen LogP contribution is -2.29. The summed E-state index contributed by atoms with van der Waals surface area (Å²) in [6.45, 7) is 2.29. The molecule has 2 aromatic carbocycles. The zero-order valence-electron chi connectivity index (χ0n) is 18.9. The molecular formula is C24H30N4O3S. The number of para-hydroxylation sites is 1. The first kappa shape index (κ1) is 23.8. The molecule has 0 bridgehead atoms. The van der Waals surface area contributed by atoms with E-state index in [0.717, 1.165) is 36.6 Å². The lowest BCUT2D eigenvalue weighted by Gasteiger charge is -2.18. The van der Waals surface area contributed by atoms with Crippen LogP contribution in [0.15, 0.2) is 59.0 Å². The third kappa shape index (κ3) is 7.39. The van der Waals surface area contributed by atoms with Crippen molar-refractivity contribution in [2.45, 2.75) is 12.2 Å². The van der Waals surface area contributed by atoms with Crippen molar-refractivity contribution in [3.05, 3.63) is 66.1 Å². The normalized spacial score (nSPS) is 11.0. The van der Waals surface area contributed by atoms with Gasteiger partial charge in [-0.1, -0.05) is 18.2 Å². The third-order valence-corrected chi connectivity index (χ3v) is 5.66.